The summed E-state index contributed by atoms with van der Waals surface area (Å²) in [5, 5.41) is 13.6. The third-order valence-corrected chi connectivity index (χ3v) is 4.34. The molecule has 0 unspecified atom stereocenters. The highest BCUT2D eigenvalue weighted by Gasteiger charge is 2.40. The van der Waals surface area contributed by atoms with E-state index in [2.05, 4.69) is 5.32 Å². The van der Waals surface area contributed by atoms with Gasteiger partial charge in [0.25, 0.3) is 0 Å². The van der Waals surface area contributed by atoms with Crippen molar-refractivity contribution in [2.75, 3.05) is 14.2 Å². The molecule has 0 radical (unpaired) electrons. The molecule has 0 spiro atoms. The van der Waals surface area contributed by atoms with Gasteiger partial charge < -0.3 is 19.9 Å². The molecule has 0 atom stereocenters. The van der Waals surface area contributed by atoms with Crippen LogP contribution in [0.15, 0.2) is 12.1 Å². The van der Waals surface area contributed by atoms with Gasteiger partial charge in [-0.3, -0.25) is 0 Å². The van der Waals surface area contributed by atoms with Gasteiger partial charge in [-0.25, -0.2) is 0 Å². The number of benzene rings is 1. The summed E-state index contributed by atoms with van der Waals surface area (Å²) in [4.78, 5) is 0. The van der Waals surface area contributed by atoms with Gasteiger partial charge in [0.1, 0.15) is 0 Å². The molecule has 4 nitrogen and oxygen atoms in total. The lowest BCUT2D eigenvalue weighted by molar-refractivity contribution is 0.338. The lowest BCUT2D eigenvalue weighted by atomic mass is 10.1. The van der Waals surface area contributed by atoms with E-state index in [9.17, 15) is 5.11 Å². The highest BCUT2D eigenvalue weighted by Crippen LogP contribution is 2.44. The van der Waals surface area contributed by atoms with E-state index < -0.39 is 0 Å². The minimum Gasteiger partial charge on any atom is -0.502 e. The number of aromatic hydroxyl groups is 1. The molecule has 110 valence electrons. The molecular weight excluding hydrogens is 254 g/mol. The van der Waals surface area contributed by atoms with Gasteiger partial charge in [-0.1, -0.05) is 0 Å². The summed E-state index contributed by atoms with van der Waals surface area (Å²) in [6.07, 6.45) is 5.49. The zero-order chi connectivity index (χ0) is 14.1. The number of phenolic OH excluding ortho intramolecular Hbond substituents is 1. The first-order chi connectivity index (χ1) is 9.72. The summed E-state index contributed by atoms with van der Waals surface area (Å²) in [5.74, 6) is 2.76. The molecule has 2 fully saturated rings. The molecule has 2 aliphatic carbocycles. The molecule has 0 amide bonds. The van der Waals surface area contributed by atoms with Crippen LogP contribution < -0.4 is 14.8 Å². The summed E-state index contributed by atoms with van der Waals surface area (Å²) < 4.78 is 10.4. The summed E-state index contributed by atoms with van der Waals surface area (Å²) in [7, 11) is 3.12. The van der Waals surface area contributed by atoms with Crippen molar-refractivity contribution in [3.63, 3.8) is 0 Å². The molecule has 2 aliphatic rings. The van der Waals surface area contributed by atoms with Crippen LogP contribution in [-0.2, 0) is 6.54 Å². The average molecular weight is 277 g/mol. The van der Waals surface area contributed by atoms with Crippen LogP contribution in [0.4, 0.5) is 0 Å². The van der Waals surface area contributed by atoms with E-state index in [1.54, 1.807) is 14.2 Å². The molecular formula is C16H23NO3. The maximum absolute atomic E-state index is 9.92. The first-order valence-corrected chi connectivity index (χ1v) is 7.40. The summed E-state index contributed by atoms with van der Waals surface area (Å²) in [6.45, 7) is 0.796. The summed E-state index contributed by atoms with van der Waals surface area (Å²) in [5.41, 5.74) is 1.09. The molecule has 1 aromatic rings. The van der Waals surface area contributed by atoms with Crippen molar-refractivity contribution in [3.8, 4) is 17.2 Å². The van der Waals surface area contributed by atoms with Crippen molar-refractivity contribution < 1.29 is 14.6 Å². The van der Waals surface area contributed by atoms with Crippen LogP contribution in [0.25, 0.3) is 0 Å². The largest absolute Gasteiger partial charge is 0.502 e. The van der Waals surface area contributed by atoms with Crippen LogP contribution in [0.3, 0.4) is 0 Å². The molecule has 2 N–H and O–H groups in total. The Bertz CT molecular complexity index is 444. The van der Waals surface area contributed by atoms with E-state index in [4.69, 9.17) is 9.47 Å². The van der Waals surface area contributed by atoms with Crippen LogP contribution in [0, 0.1) is 11.8 Å². The molecule has 0 saturated heterocycles. The number of hydrogen-bond donors (Lipinski definition) is 2. The molecule has 3 rings (SSSR count). The van der Waals surface area contributed by atoms with Gasteiger partial charge in [-0.05, 0) is 55.2 Å². The quantitative estimate of drug-likeness (QED) is 0.804. The van der Waals surface area contributed by atoms with Crippen molar-refractivity contribution in [3.05, 3.63) is 17.7 Å². The van der Waals surface area contributed by atoms with Crippen LogP contribution in [0.1, 0.15) is 31.2 Å². The maximum Gasteiger partial charge on any atom is 0.200 e. The fraction of sp³-hybridized carbons (Fsp3) is 0.625. The molecule has 0 heterocycles. The second-order valence-electron chi connectivity index (χ2n) is 5.93. The Morgan fingerprint density at radius 3 is 2.00 bits per heavy atom. The highest BCUT2D eigenvalue weighted by molar-refractivity contribution is 5.52. The minimum absolute atomic E-state index is 0.0692. The molecule has 1 aromatic carbocycles. The number of rotatable bonds is 7. The van der Waals surface area contributed by atoms with Gasteiger partial charge in [-0.15, -0.1) is 0 Å². The number of phenols is 1. The first kappa shape index (κ1) is 13.6. The van der Waals surface area contributed by atoms with E-state index >= 15 is 0 Å². The van der Waals surface area contributed by atoms with E-state index in [-0.39, 0.29) is 5.75 Å². The Morgan fingerprint density at radius 2 is 1.60 bits per heavy atom. The SMILES string of the molecule is COc1cc(CNC(C2CC2)C2CC2)cc(OC)c1O. The monoisotopic (exact) mass is 277 g/mol. The van der Waals surface area contributed by atoms with Gasteiger partial charge >= 0.3 is 0 Å². The predicted octanol–water partition coefficient (Wildman–Crippen LogP) is 2.69. The molecule has 20 heavy (non-hydrogen) atoms. The number of ether oxygens (including phenoxy) is 2. The molecule has 0 bridgehead atoms. The Morgan fingerprint density at radius 1 is 1.10 bits per heavy atom. The third kappa shape index (κ3) is 2.85. The first-order valence-electron chi connectivity index (χ1n) is 7.40. The summed E-state index contributed by atoms with van der Waals surface area (Å²) in [6, 6.07) is 4.42. The second-order valence-corrected chi connectivity index (χ2v) is 5.93. The molecule has 0 aliphatic heterocycles. The van der Waals surface area contributed by atoms with Gasteiger partial charge in [0, 0.05) is 12.6 Å². The normalized spacial score (nSPS) is 18.4. The smallest absolute Gasteiger partial charge is 0.200 e. The Balaban J connectivity index is 1.69. The topological polar surface area (TPSA) is 50.7 Å². The van der Waals surface area contributed by atoms with E-state index in [1.807, 2.05) is 12.1 Å². The second kappa shape index (κ2) is 5.52. The van der Waals surface area contributed by atoms with Crippen molar-refractivity contribution in [2.45, 2.75) is 38.3 Å². The van der Waals surface area contributed by atoms with Crippen molar-refractivity contribution in [2.24, 2.45) is 11.8 Å². The van der Waals surface area contributed by atoms with Crippen LogP contribution in [-0.4, -0.2) is 25.4 Å². The lowest BCUT2D eigenvalue weighted by Gasteiger charge is -2.18. The van der Waals surface area contributed by atoms with Crippen LogP contribution in [0.5, 0.6) is 17.2 Å². The van der Waals surface area contributed by atoms with Crippen molar-refractivity contribution in [1.29, 1.82) is 0 Å². The van der Waals surface area contributed by atoms with E-state index in [0.29, 0.717) is 17.5 Å². The number of nitrogens with one attached hydrogen (secondary N) is 1. The van der Waals surface area contributed by atoms with Crippen molar-refractivity contribution in [1.82, 2.24) is 5.32 Å². The Kier molecular flexibility index (Phi) is 3.74. The predicted molar refractivity (Wildman–Crippen MR) is 77.3 cm³/mol. The Labute approximate surface area is 120 Å². The maximum atomic E-state index is 9.92. The zero-order valence-electron chi connectivity index (χ0n) is 12.2. The fourth-order valence-corrected chi connectivity index (χ4v) is 2.91. The number of methoxy groups -OCH3 is 2. The third-order valence-electron chi connectivity index (χ3n) is 4.34. The van der Waals surface area contributed by atoms with Gasteiger partial charge in [-0.2, -0.15) is 0 Å². The standard InChI is InChI=1S/C16H23NO3/c1-19-13-7-10(8-14(20-2)16(13)18)9-17-15(11-3-4-11)12-5-6-12/h7-8,11-12,15,17-18H,3-6,9H2,1-2H3. The van der Waals surface area contributed by atoms with Crippen LogP contribution in [0.2, 0.25) is 0 Å². The van der Waals surface area contributed by atoms with Crippen LogP contribution >= 0.6 is 0 Å². The van der Waals surface area contributed by atoms with Gasteiger partial charge in [0.15, 0.2) is 11.5 Å². The van der Waals surface area contributed by atoms with Crippen molar-refractivity contribution >= 4 is 0 Å². The molecule has 4 heteroatoms. The minimum atomic E-state index is 0.0692. The number of hydrogen-bond acceptors (Lipinski definition) is 4. The van der Waals surface area contributed by atoms with Gasteiger partial charge in [0.2, 0.25) is 5.75 Å². The van der Waals surface area contributed by atoms with E-state index in [1.165, 1.54) is 25.7 Å². The average Bonchev–Trinajstić information content (AvgIpc) is 3.33. The fourth-order valence-electron chi connectivity index (χ4n) is 2.91. The lowest BCUT2D eigenvalue weighted by Crippen LogP contribution is -2.32. The highest BCUT2D eigenvalue weighted by atomic mass is 16.5. The van der Waals surface area contributed by atoms with Gasteiger partial charge in [0.05, 0.1) is 14.2 Å². The molecule has 2 saturated carbocycles. The summed E-state index contributed by atoms with van der Waals surface area (Å²) >= 11 is 0. The zero-order valence-corrected chi connectivity index (χ0v) is 12.2. The Hall–Kier alpha value is -1.42. The molecule has 0 aromatic heterocycles. The van der Waals surface area contributed by atoms with E-state index in [0.717, 1.165) is 23.9 Å².